The van der Waals surface area contributed by atoms with Gasteiger partial charge in [0.2, 0.25) is 5.75 Å². The summed E-state index contributed by atoms with van der Waals surface area (Å²) in [5.41, 5.74) is 6.15. The van der Waals surface area contributed by atoms with Crippen LogP contribution in [0.5, 0.6) is 23.0 Å². The smallest absolute Gasteiger partial charge is 0.203 e. The normalized spacial score (nSPS) is 12.8. The van der Waals surface area contributed by atoms with Crippen LogP contribution in [0.4, 0.5) is 14.5 Å². The zero-order valence-electron chi connectivity index (χ0n) is 29.4. The maximum absolute atomic E-state index is 14.0. The highest BCUT2D eigenvalue weighted by molar-refractivity contribution is 5.86. The highest BCUT2D eigenvalue weighted by Gasteiger charge is 2.26. The molecule has 6 rings (SSSR count). The lowest BCUT2D eigenvalue weighted by Crippen LogP contribution is -2.44. The summed E-state index contributed by atoms with van der Waals surface area (Å²) in [5, 5.41) is 0. The van der Waals surface area contributed by atoms with Crippen molar-refractivity contribution >= 4 is 42.9 Å². The first-order chi connectivity index (χ1) is 23.9. The minimum Gasteiger partial charge on any atom is -0.497 e. The van der Waals surface area contributed by atoms with Crippen LogP contribution < -0.4 is 23.8 Å². The highest BCUT2D eigenvalue weighted by Crippen LogP contribution is 2.41. The van der Waals surface area contributed by atoms with Crippen molar-refractivity contribution in [3.05, 3.63) is 114 Å². The van der Waals surface area contributed by atoms with Gasteiger partial charge in [-0.3, -0.25) is 14.9 Å². The van der Waals surface area contributed by atoms with Gasteiger partial charge in [0.25, 0.3) is 0 Å². The van der Waals surface area contributed by atoms with Gasteiger partial charge in [0.15, 0.2) is 23.1 Å². The van der Waals surface area contributed by atoms with Crippen LogP contribution in [0.3, 0.4) is 0 Å². The molecule has 278 valence electrons. The van der Waals surface area contributed by atoms with Crippen LogP contribution in [0.15, 0.2) is 91.3 Å². The molecule has 0 amide bonds. The van der Waals surface area contributed by atoms with Crippen LogP contribution in [0.1, 0.15) is 24.0 Å². The third-order valence-corrected chi connectivity index (χ3v) is 8.99. The molecule has 0 unspecified atom stereocenters. The first kappa shape index (κ1) is 42.1. The number of hydrogen-bond acceptors (Lipinski definition) is 8. The van der Waals surface area contributed by atoms with E-state index in [9.17, 15) is 8.78 Å². The predicted octanol–water partition coefficient (Wildman–Crippen LogP) is 9.06. The molecule has 1 fully saturated rings. The number of aromatic nitrogens is 2. The van der Waals surface area contributed by atoms with Crippen molar-refractivity contribution in [2.24, 2.45) is 0 Å². The van der Waals surface area contributed by atoms with Crippen LogP contribution in [-0.2, 0) is 13.1 Å². The number of halogens is 5. The number of likely N-dealkylation sites (tertiary alicyclic amines) is 1. The second-order valence-corrected chi connectivity index (χ2v) is 12.0. The van der Waals surface area contributed by atoms with E-state index in [0.717, 1.165) is 66.8 Å². The number of pyridine rings is 2. The molecule has 0 atom stereocenters. The van der Waals surface area contributed by atoms with Gasteiger partial charge in [-0.2, -0.15) is 0 Å². The van der Waals surface area contributed by atoms with E-state index in [0.29, 0.717) is 35.1 Å². The molecular formula is C39H43Cl3F2N4O4. The fraction of sp³-hybridized carbons (Fsp3) is 0.282. The number of nitrogens with zero attached hydrogens (tertiary/aromatic N) is 4. The van der Waals surface area contributed by atoms with Crippen molar-refractivity contribution in [3.8, 4) is 45.5 Å². The second-order valence-electron chi connectivity index (χ2n) is 12.0. The van der Waals surface area contributed by atoms with Crippen molar-refractivity contribution in [1.29, 1.82) is 0 Å². The number of methoxy groups -OCH3 is 4. The summed E-state index contributed by atoms with van der Waals surface area (Å²) in [5.74, 6) is 0.746. The molecule has 0 radical (unpaired) electrons. The molecule has 0 bridgehead atoms. The Morgan fingerprint density at radius 1 is 0.654 bits per heavy atom. The van der Waals surface area contributed by atoms with E-state index in [1.807, 2.05) is 42.6 Å². The molecular weight excluding hydrogens is 733 g/mol. The maximum Gasteiger partial charge on any atom is 0.203 e. The van der Waals surface area contributed by atoms with E-state index in [2.05, 4.69) is 44.0 Å². The molecule has 3 heterocycles. The van der Waals surface area contributed by atoms with Gasteiger partial charge in [-0.1, -0.05) is 0 Å². The second kappa shape index (κ2) is 19.5. The minimum atomic E-state index is -0.888. The van der Waals surface area contributed by atoms with Gasteiger partial charge in [-0.15, -0.1) is 37.2 Å². The monoisotopic (exact) mass is 774 g/mol. The lowest BCUT2D eigenvalue weighted by molar-refractivity contribution is 0.201. The first-order valence-electron chi connectivity index (χ1n) is 16.2. The fourth-order valence-electron chi connectivity index (χ4n) is 6.39. The Morgan fingerprint density at radius 3 is 1.83 bits per heavy atom. The maximum atomic E-state index is 14.0. The van der Waals surface area contributed by atoms with Crippen LogP contribution in [0.25, 0.3) is 22.5 Å². The number of piperidine rings is 1. The molecule has 1 aliphatic rings. The van der Waals surface area contributed by atoms with Crippen molar-refractivity contribution in [3.63, 3.8) is 0 Å². The average molecular weight is 776 g/mol. The fourth-order valence-corrected chi connectivity index (χ4v) is 6.39. The average Bonchev–Trinajstić information content (AvgIpc) is 3.15. The summed E-state index contributed by atoms with van der Waals surface area (Å²) in [6.45, 7) is 3.29. The van der Waals surface area contributed by atoms with E-state index >= 15 is 0 Å². The van der Waals surface area contributed by atoms with Gasteiger partial charge in [0.05, 0.1) is 39.8 Å². The van der Waals surface area contributed by atoms with Gasteiger partial charge in [0.1, 0.15) is 5.75 Å². The van der Waals surface area contributed by atoms with Gasteiger partial charge in [0, 0.05) is 61.4 Å². The van der Waals surface area contributed by atoms with E-state index < -0.39 is 11.6 Å². The zero-order chi connectivity index (χ0) is 34.3. The largest absolute Gasteiger partial charge is 0.497 e. The van der Waals surface area contributed by atoms with Crippen LogP contribution in [-0.4, -0.2) is 62.4 Å². The van der Waals surface area contributed by atoms with Gasteiger partial charge >= 0.3 is 0 Å². The van der Waals surface area contributed by atoms with E-state index in [-0.39, 0.29) is 43.3 Å². The number of rotatable bonds is 12. The Bertz CT molecular complexity index is 1870. The highest BCUT2D eigenvalue weighted by atomic mass is 35.5. The molecule has 3 aromatic carbocycles. The number of anilines is 1. The van der Waals surface area contributed by atoms with Gasteiger partial charge in [-0.05, 0) is 103 Å². The van der Waals surface area contributed by atoms with E-state index in [1.165, 1.54) is 11.6 Å². The molecule has 0 spiro atoms. The Balaban J connectivity index is 0.00000243. The standard InChI is InChI=1S/C39H40F2N4O4.3ClH/c1-46-32-8-6-30(7-9-32)45(25-27-12-16-42-35(20-27)28-5-10-33(40)34(41)21-28)31-13-17-44(18-14-31)24-26-11-15-43-36(19-26)29-22-37(47-2)39(49-4)38(23-29)48-3;;;/h5-12,15-16,19-23,31H,13-14,17-18,24-25H2,1-4H3;3*1H. The summed E-state index contributed by atoms with van der Waals surface area (Å²) in [4.78, 5) is 14.0. The molecule has 1 aliphatic heterocycles. The molecule has 13 heteroatoms. The Morgan fingerprint density at radius 2 is 1.25 bits per heavy atom. The number of benzene rings is 3. The minimum absolute atomic E-state index is 0. The third-order valence-electron chi connectivity index (χ3n) is 8.99. The molecule has 0 saturated carbocycles. The lowest BCUT2D eigenvalue weighted by atomic mass is 10.00. The van der Waals surface area contributed by atoms with Crippen molar-refractivity contribution < 1.29 is 27.7 Å². The third kappa shape index (κ3) is 9.74. The number of ether oxygens (including phenoxy) is 4. The molecule has 52 heavy (non-hydrogen) atoms. The summed E-state index contributed by atoms with van der Waals surface area (Å²) in [6, 6.07) is 24.2. The summed E-state index contributed by atoms with van der Waals surface area (Å²) in [6.07, 6.45) is 5.51. The molecule has 5 aromatic rings. The Kier molecular flexibility index (Phi) is 15.8. The van der Waals surface area contributed by atoms with E-state index in [1.54, 1.807) is 40.7 Å². The van der Waals surface area contributed by atoms with Gasteiger partial charge < -0.3 is 23.8 Å². The summed E-state index contributed by atoms with van der Waals surface area (Å²) in [7, 11) is 6.46. The lowest BCUT2D eigenvalue weighted by Gasteiger charge is -2.40. The molecule has 0 N–H and O–H groups in total. The van der Waals surface area contributed by atoms with Crippen LogP contribution in [0.2, 0.25) is 0 Å². The SMILES string of the molecule is COc1ccc(N(Cc2ccnc(-c3ccc(F)c(F)c3)c2)C2CCN(Cc3ccnc(-c4cc(OC)c(OC)c(OC)c4)c3)CC2)cc1.Cl.Cl.Cl. The van der Waals surface area contributed by atoms with Crippen molar-refractivity contribution in [2.75, 3.05) is 46.4 Å². The molecule has 0 aliphatic carbocycles. The predicted molar refractivity (Wildman–Crippen MR) is 208 cm³/mol. The van der Waals surface area contributed by atoms with Crippen LogP contribution >= 0.6 is 37.2 Å². The summed E-state index contributed by atoms with van der Waals surface area (Å²) >= 11 is 0. The Labute approximate surface area is 322 Å². The number of hydrogen-bond donors (Lipinski definition) is 0. The molecule has 8 nitrogen and oxygen atoms in total. The van der Waals surface area contributed by atoms with Crippen molar-refractivity contribution in [1.82, 2.24) is 14.9 Å². The Hall–Kier alpha value is -4.35. The first-order valence-corrected chi connectivity index (χ1v) is 16.2. The summed E-state index contributed by atoms with van der Waals surface area (Å²) < 4.78 is 49.6. The van der Waals surface area contributed by atoms with Crippen molar-refractivity contribution in [2.45, 2.75) is 32.0 Å². The van der Waals surface area contributed by atoms with Gasteiger partial charge in [-0.25, -0.2) is 8.78 Å². The molecule has 2 aromatic heterocycles. The zero-order valence-corrected chi connectivity index (χ0v) is 31.8. The van der Waals surface area contributed by atoms with Crippen LogP contribution in [0, 0.1) is 11.6 Å². The molecule has 1 saturated heterocycles. The topological polar surface area (TPSA) is 69.2 Å². The quantitative estimate of drug-likeness (QED) is 0.124. The van der Waals surface area contributed by atoms with E-state index in [4.69, 9.17) is 18.9 Å².